The van der Waals surface area contributed by atoms with Crippen LogP contribution in [-0.4, -0.2) is 15.8 Å². The standard InChI is InChI=1S/C13H12N4S/c1-17-11-6-2-3-7-12(11)18-13(17)16-15-9-10-5-4-8-14-10/h2-9,14H,1H3. The van der Waals surface area contributed by atoms with Gasteiger partial charge in [-0.3, -0.25) is 0 Å². The topological polar surface area (TPSA) is 45.4 Å². The second-order valence-electron chi connectivity index (χ2n) is 3.88. The van der Waals surface area contributed by atoms with Gasteiger partial charge < -0.3 is 9.55 Å². The SMILES string of the molecule is Cn1c(=NN=Cc2ccc[nH]2)sc2ccccc21. The lowest BCUT2D eigenvalue weighted by Crippen LogP contribution is -2.08. The Bertz CT molecular complexity index is 747. The molecule has 90 valence electrons. The molecule has 2 aromatic heterocycles. The number of aryl methyl sites for hydroxylation is 1. The molecule has 4 nitrogen and oxygen atoms in total. The van der Waals surface area contributed by atoms with E-state index in [1.807, 2.05) is 42.1 Å². The number of rotatable bonds is 2. The van der Waals surface area contributed by atoms with Crippen molar-refractivity contribution in [3.05, 3.63) is 53.1 Å². The van der Waals surface area contributed by atoms with Crippen molar-refractivity contribution in [3.63, 3.8) is 0 Å². The zero-order valence-corrected chi connectivity index (χ0v) is 10.7. The van der Waals surface area contributed by atoms with Crippen molar-refractivity contribution >= 4 is 27.8 Å². The number of hydrogen-bond acceptors (Lipinski definition) is 3. The highest BCUT2D eigenvalue weighted by atomic mass is 32.1. The summed E-state index contributed by atoms with van der Waals surface area (Å²) >= 11 is 1.63. The Kier molecular flexibility index (Phi) is 2.82. The summed E-state index contributed by atoms with van der Waals surface area (Å²) in [6.07, 6.45) is 3.57. The van der Waals surface area contributed by atoms with E-state index in [9.17, 15) is 0 Å². The van der Waals surface area contributed by atoms with Crippen LogP contribution in [0.1, 0.15) is 5.69 Å². The second-order valence-corrected chi connectivity index (χ2v) is 4.89. The van der Waals surface area contributed by atoms with Crippen molar-refractivity contribution in [2.75, 3.05) is 0 Å². The molecule has 0 spiro atoms. The minimum atomic E-state index is 0.888. The van der Waals surface area contributed by atoms with Crippen LogP contribution in [0.3, 0.4) is 0 Å². The van der Waals surface area contributed by atoms with E-state index in [4.69, 9.17) is 0 Å². The maximum absolute atomic E-state index is 4.25. The van der Waals surface area contributed by atoms with Gasteiger partial charge in [-0.1, -0.05) is 23.5 Å². The predicted molar refractivity (Wildman–Crippen MR) is 74.7 cm³/mol. The van der Waals surface area contributed by atoms with E-state index in [0.717, 1.165) is 10.5 Å². The van der Waals surface area contributed by atoms with Crippen LogP contribution in [0.4, 0.5) is 0 Å². The first kappa shape index (κ1) is 11.0. The number of nitrogens with zero attached hydrogens (tertiary/aromatic N) is 3. The summed E-state index contributed by atoms with van der Waals surface area (Å²) in [5.74, 6) is 0. The maximum Gasteiger partial charge on any atom is 0.211 e. The Labute approximate surface area is 108 Å². The Morgan fingerprint density at radius 1 is 1.22 bits per heavy atom. The third-order valence-electron chi connectivity index (χ3n) is 2.68. The molecule has 0 aliphatic carbocycles. The summed E-state index contributed by atoms with van der Waals surface area (Å²) in [5, 5.41) is 8.35. The van der Waals surface area contributed by atoms with Gasteiger partial charge in [0, 0.05) is 13.2 Å². The Morgan fingerprint density at radius 3 is 2.89 bits per heavy atom. The summed E-state index contributed by atoms with van der Waals surface area (Å²) in [6, 6.07) is 12.1. The van der Waals surface area contributed by atoms with Crippen molar-refractivity contribution in [1.82, 2.24) is 9.55 Å². The number of fused-ring (bicyclic) bond motifs is 1. The van der Waals surface area contributed by atoms with Crippen LogP contribution < -0.4 is 4.80 Å². The quantitative estimate of drug-likeness (QED) is 0.541. The zero-order valence-electron chi connectivity index (χ0n) is 9.87. The summed E-state index contributed by atoms with van der Waals surface area (Å²) in [6.45, 7) is 0. The average molecular weight is 256 g/mol. The molecule has 0 saturated heterocycles. The van der Waals surface area contributed by atoms with Crippen LogP contribution in [0, 0.1) is 0 Å². The molecule has 0 amide bonds. The van der Waals surface area contributed by atoms with Crippen LogP contribution in [0.5, 0.6) is 0 Å². The highest BCUT2D eigenvalue weighted by Crippen LogP contribution is 2.14. The van der Waals surface area contributed by atoms with E-state index in [1.165, 1.54) is 10.2 Å². The van der Waals surface area contributed by atoms with Crippen molar-refractivity contribution < 1.29 is 0 Å². The van der Waals surface area contributed by atoms with Gasteiger partial charge in [0.1, 0.15) is 0 Å². The lowest BCUT2D eigenvalue weighted by atomic mass is 10.3. The largest absolute Gasteiger partial charge is 0.360 e. The molecule has 0 fully saturated rings. The fourth-order valence-corrected chi connectivity index (χ4v) is 2.72. The van der Waals surface area contributed by atoms with Crippen LogP contribution in [0.2, 0.25) is 0 Å². The van der Waals surface area contributed by atoms with E-state index < -0.39 is 0 Å². The van der Waals surface area contributed by atoms with E-state index in [2.05, 4.69) is 27.3 Å². The van der Waals surface area contributed by atoms with Gasteiger partial charge in [0.15, 0.2) is 0 Å². The number of nitrogens with one attached hydrogen (secondary N) is 1. The first-order valence-corrected chi connectivity index (χ1v) is 6.41. The first-order chi connectivity index (χ1) is 8.84. The number of hydrogen-bond donors (Lipinski definition) is 1. The molecular weight excluding hydrogens is 244 g/mol. The van der Waals surface area contributed by atoms with E-state index in [0.29, 0.717) is 0 Å². The van der Waals surface area contributed by atoms with Gasteiger partial charge in [-0.2, -0.15) is 5.10 Å². The minimum absolute atomic E-state index is 0.888. The van der Waals surface area contributed by atoms with Gasteiger partial charge in [0.25, 0.3) is 0 Å². The highest BCUT2D eigenvalue weighted by molar-refractivity contribution is 7.16. The molecule has 0 unspecified atom stereocenters. The molecule has 3 rings (SSSR count). The van der Waals surface area contributed by atoms with E-state index >= 15 is 0 Å². The number of H-pyrrole nitrogens is 1. The molecule has 1 N–H and O–H groups in total. The van der Waals surface area contributed by atoms with Gasteiger partial charge >= 0.3 is 0 Å². The molecular formula is C13H12N4S. The Morgan fingerprint density at radius 2 is 2.11 bits per heavy atom. The number of benzene rings is 1. The predicted octanol–water partition coefficient (Wildman–Crippen LogP) is 2.50. The molecule has 18 heavy (non-hydrogen) atoms. The van der Waals surface area contributed by atoms with Crippen LogP contribution in [0.15, 0.2) is 52.8 Å². The average Bonchev–Trinajstić information content (AvgIpc) is 3.00. The number of thiazole rings is 1. The summed E-state index contributed by atoms with van der Waals surface area (Å²) in [7, 11) is 2.00. The Hall–Kier alpha value is -2.14. The van der Waals surface area contributed by atoms with Crippen molar-refractivity contribution in [2.45, 2.75) is 0 Å². The van der Waals surface area contributed by atoms with Gasteiger partial charge in [0.2, 0.25) is 4.80 Å². The minimum Gasteiger partial charge on any atom is -0.360 e. The summed E-state index contributed by atoms with van der Waals surface area (Å²) < 4.78 is 3.26. The van der Waals surface area contributed by atoms with E-state index in [-0.39, 0.29) is 0 Å². The smallest absolute Gasteiger partial charge is 0.211 e. The number of aromatic amines is 1. The molecule has 2 heterocycles. The number of aromatic nitrogens is 2. The molecule has 0 atom stereocenters. The second kappa shape index (κ2) is 4.62. The molecule has 1 aromatic carbocycles. The third kappa shape index (κ3) is 2.00. The molecule has 3 aromatic rings. The number of para-hydroxylation sites is 1. The summed E-state index contributed by atoms with van der Waals surface area (Å²) in [4.78, 5) is 3.94. The zero-order chi connectivity index (χ0) is 12.4. The van der Waals surface area contributed by atoms with Crippen molar-refractivity contribution in [1.29, 1.82) is 0 Å². The lowest BCUT2D eigenvalue weighted by molar-refractivity contribution is 0.889. The van der Waals surface area contributed by atoms with E-state index in [1.54, 1.807) is 17.6 Å². The molecule has 5 heteroatoms. The van der Waals surface area contributed by atoms with Gasteiger partial charge in [-0.25, -0.2) is 0 Å². The summed E-state index contributed by atoms with van der Waals surface area (Å²) in [5.41, 5.74) is 2.12. The maximum atomic E-state index is 4.25. The first-order valence-electron chi connectivity index (χ1n) is 5.59. The third-order valence-corrected chi connectivity index (χ3v) is 3.78. The van der Waals surface area contributed by atoms with Gasteiger partial charge in [0.05, 0.1) is 22.1 Å². The fraction of sp³-hybridized carbons (Fsp3) is 0.0769. The highest BCUT2D eigenvalue weighted by Gasteiger charge is 2.00. The van der Waals surface area contributed by atoms with Crippen LogP contribution >= 0.6 is 11.3 Å². The van der Waals surface area contributed by atoms with Gasteiger partial charge in [-0.15, -0.1) is 5.10 Å². The molecule has 0 saturated carbocycles. The Balaban J connectivity index is 2.01. The molecule has 0 radical (unpaired) electrons. The normalized spacial score (nSPS) is 12.8. The van der Waals surface area contributed by atoms with Crippen molar-refractivity contribution in [3.8, 4) is 0 Å². The van der Waals surface area contributed by atoms with Crippen molar-refractivity contribution in [2.24, 2.45) is 17.3 Å². The fourth-order valence-electron chi connectivity index (χ4n) is 1.74. The van der Waals surface area contributed by atoms with Crippen LogP contribution in [0.25, 0.3) is 10.2 Å². The molecule has 0 aliphatic rings. The lowest BCUT2D eigenvalue weighted by Gasteiger charge is -1.92. The van der Waals surface area contributed by atoms with Crippen LogP contribution in [-0.2, 0) is 7.05 Å². The van der Waals surface area contributed by atoms with Gasteiger partial charge in [-0.05, 0) is 24.3 Å². The monoisotopic (exact) mass is 256 g/mol. The molecule has 0 bridgehead atoms. The molecule has 0 aliphatic heterocycles.